The van der Waals surface area contributed by atoms with Gasteiger partial charge in [-0.3, -0.25) is 0 Å². The molecule has 0 heterocycles. The van der Waals surface area contributed by atoms with E-state index < -0.39 is 0 Å². The first kappa shape index (κ1) is 18.8. The van der Waals surface area contributed by atoms with Crippen LogP contribution in [-0.2, 0) is 0 Å². The summed E-state index contributed by atoms with van der Waals surface area (Å²) in [5.74, 6) is 4.91. The maximum absolute atomic E-state index is 5.58. The van der Waals surface area contributed by atoms with Crippen molar-refractivity contribution in [2.75, 3.05) is 6.61 Å². The molecular weight excluding hydrogens is 304 g/mol. The first-order valence-electron chi connectivity index (χ1n) is 11.0. The summed E-state index contributed by atoms with van der Waals surface area (Å²) < 4.78 is 5.58. The fourth-order valence-corrected chi connectivity index (χ4v) is 5.37. The maximum Gasteiger partial charge on any atom is 0.119 e. The summed E-state index contributed by atoms with van der Waals surface area (Å²) in [5.41, 5.74) is 1.53. The summed E-state index contributed by atoms with van der Waals surface area (Å²) in [6.07, 6.45) is 16.1. The van der Waals surface area contributed by atoms with E-state index in [4.69, 9.17) is 4.74 Å². The van der Waals surface area contributed by atoms with Gasteiger partial charge in [0, 0.05) is 0 Å². The molecule has 0 atom stereocenters. The highest BCUT2D eigenvalue weighted by molar-refractivity contribution is 5.29. The van der Waals surface area contributed by atoms with Crippen molar-refractivity contribution in [2.45, 2.75) is 90.4 Å². The van der Waals surface area contributed by atoms with E-state index >= 15 is 0 Å². The van der Waals surface area contributed by atoms with Crippen molar-refractivity contribution >= 4 is 0 Å². The number of benzene rings is 1. The van der Waals surface area contributed by atoms with Crippen LogP contribution in [0.15, 0.2) is 24.3 Å². The second kappa shape index (κ2) is 9.64. The summed E-state index contributed by atoms with van der Waals surface area (Å²) >= 11 is 0. The largest absolute Gasteiger partial charge is 0.494 e. The molecule has 0 amide bonds. The summed E-state index contributed by atoms with van der Waals surface area (Å²) in [6, 6.07) is 8.91. The molecule has 0 saturated heterocycles. The molecule has 25 heavy (non-hydrogen) atoms. The molecule has 0 aliphatic heterocycles. The first-order valence-corrected chi connectivity index (χ1v) is 11.0. The molecule has 1 aromatic rings. The minimum Gasteiger partial charge on any atom is -0.494 e. The molecule has 0 spiro atoms. The van der Waals surface area contributed by atoms with Crippen LogP contribution in [0.5, 0.6) is 5.75 Å². The zero-order chi connectivity index (χ0) is 17.5. The Kier molecular flexibility index (Phi) is 7.25. The fourth-order valence-electron chi connectivity index (χ4n) is 5.37. The van der Waals surface area contributed by atoms with Crippen LogP contribution in [0.4, 0.5) is 0 Å². The molecule has 2 aliphatic carbocycles. The summed E-state index contributed by atoms with van der Waals surface area (Å²) in [6.45, 7) is 5.13. The van der Waals surface area contributed by atoms with Crippen molar-refractivity contribution in [3.63, 3.8) is 0 Å². The average Bonchev–Trinajstić information content (AvgIpc) is 2.68. The fraction of sp³-hybridized carbons (Fsp3) is 0.750. The van der Waals surface area contributed by atoms with Gasteiger partial charge < -0.3 is 4.74 Å². The Morgan fingerprint density at radius 2 is 1.40 bits per heavy atom. The minimum atomic E-state index is 0.755. The molecule has 2 fully saturated rings. The average molecular weight is 343 g/mol. The van der Waals surface area contributed by atoms with E-state index in [1.807, 2.05) is 6.92 Å². The van der Waals surface area contributed by atoms with E-state index in [2.05, 4.69) is 31.2 Å². The summed E-state index contributed by atoms with van der Waals surface area (Å²) in [5, 5.41) is 0. The van der Waals surface area contributed by atoms with E-state index in [0.29, 0.717) is 0 Å². The molecular formula is C24H38O. The normalized spacial score (nSPS) is 30.2. The van der Waals surface area contributed by atoms with Crippen molar-refractivity contribution in [3.8, 4) is 5.75 Å². The third-order valence-electron chi connectivity index (χ3n) is 6.96. The molecule has 2 aliphatic rings. The second-order valence-corrected chi connectivity index (χ2v) is 8.54. The highest BCUT2D eigenvalue weighted by Gasteiger charge is 2.31. The van der Waals surface area contributed by atoms with Gasteiger partial charge in [-0.25, -0.2) is 0 Å². The minimum absolute atomic E-state index is 0.755. The zero-order valence-corrected chi connectivity index (χ0v) is 16.5. The van der Waals surface area contributed by atoms with Crippen LogP contribution in [0.25, 0.3) is 0 Å². The summed E-state index contributed by atoms with van der Waals surface area (Å²) in [4.78, 5) is 0. The molecule has 0 unspecified atom stereocenters. The SMILES string of the molecule is CCCC[C@H]1CC[C@H]([C@H]2CC[C@H](c3ccc(OCC)cc3)CC2)CC1. The van der Waals surface area contributed by atoms with Gasteiger partial charge >= 0.3 is 0 Å². The van der Waals surface area contributed by atoms with E-state index in [9.17, 15) is 0 Å². The first-order chi connectivity index (χ1) is 12.3. The third-order valence-corrected chi connectivity index (χ3v) is 6.96. The molecule has 3 rings (SSSR count). The predicted molar refractivity (Wildman–Crippen MR) is 107 cm³/mol. The van der Waals surface area contributed by atoms with Crippen molar-refractivity contribution in [1.29, 1.82) is 0 Å². The van der Waals surface area contributed by atoms with Crippen LogP contribution < -0.4 is 4.74 Å². The van der Waals surface area contributed by atoms with Gasteiger partial charge in [0.05, 0.1) is 6.61 Å². The van der Waals surface area contributed by atoms with Crippen LogP contribution in [0, 0.1) is 17.8 Å². The number of ether oxygens (including phenoxy) is 1. The Morgan fingerprint density at radius 3 is 1.96 bits per heavy atom. The van der Waals surface area contributed by atoms with E-state index in [0.717, 1.165) is 36.0 Å². The van der Waals surface area contributed by atoms with Crippen LogP contribution in [0.2, 0.25) is 0 Å². The van der Waals surface area contributed by atoms with E-state index in [1.165, 1.54) is 76.2 Å². The van der Waals surface area contributed by atoms with Gasteiger partial charge in [0.2, 0.25) is 0 Å². The Labute approximate surface area is 155 Å². The Bertz CT molecular complexity index is 475. The van der Waals surface area contributed by atoms with Gasteiger partial charge in [0.25, 0.3) is 0 Å². The lowest BCUT2D eigenvalue weighted by Crippen LogP contribution is -2.25. The molecule has 0 N–H and O–H groups in total. The molecule has 1 heteroatoms. The maximum atomic E-state index is 5.58. The third kappa shape index (κ3) is 5.25. The second-order valence-electron chi connectivity index (χ2n) is 8.54. The lowest BCUT2D eigenvalue weighted by Gasteiger charge is -2.38. The number of rotatable bonds is 7. The number of hydrogen-bond acceptors (Lipinski definition) is 1. The summed E-state index contributed by atoms with van der Waals surface area (Å²) in [7, 11) is 0. The smallest absolute Gasteiger partial charge is 0.119 e. The number of unbranched alkanes of at least 4 members (excludes halogenated alkanes) is 1. The van der Waals surface area contributed by atoms with Crippen molar-refractivity contribution in [2.24, 2.45) is 17.8 Å². The zero-order valence-electron chi connectivity index (χ0n) is 16.5. The van der Waals surface area contributed by atoms with Crippen LogP contribution in [0.1, 0.15) is 96.0 Å². The standard InChI is InChI=1S/C24H38O/c1-3-5-6-19-7-9-20(10-8-19)21-11-13-22(14-12-21)23-15-17-24(18-16-23)25-4-2/h15-22H,3-14H2,1-2H3/t19-,20-,21-,22-. The molecule has 140 valence electrons. The highest BCUT2D eigenvalue weighted by Crippen LogP contribution is 2.44. The Morgan fingerprint density at radius 1 is 0.800 bits per heavy atom. The van der Waals surface area contributed by atoms with Crippen molar-refractivity contribution < 1.29 is 4.74 Å². The molecule has 1 aromatic carbocycles. The van der Waals surface area contributed by atoms with Gasteiger partial charge in [-0.05, 0) is 86.8 Å². The lowest BCUT2D eigenvalue weighted by atomic mass is 9.68. The van der Waals surface area contributed by atoms with Crippen molar-refractivity contribution in [3.05, 3.63) is 29.8 Å². The van der Waals surface area contributed by atoms with Gasteiger partial charge in [0.15, 0.2) is 0 Å². The quantitative estimate of drug-likeness (QED) is 0.503. The number of hydrogen-bond donors (Lipinski definition) is 0. The van der Waals surface area contributed by atoms with Gasteiger partial charge in [-0.2, -0.15) is 0 Å². The topological polar surface area (TPSA) is 9.23 Å². The molecule has 2 saturated carbocycles. The molecule has 0 bridgehead atoms. The van der Waals surface area contributed by atoms with Gasteiger partial charge in [0.1, 0.15) is 5.75 Å². The Hall–Kier alpha value is -0.980. The van der Waals surface area contributed by atoms with Crippen LogP contribution >= 0.6 is 0 Å². The molecule has 1 nitrogen and oxygen atoms in total. The van der Waals surface area contributed by atoms with E-state index in [1.54, 1.807) is 0 Å². The highest BCUT2D eigenvalue weighted by atomic mass is 16.5. The van der Waals surface area contributed by atoms with Gasteiger partial charge in [-0.15, -0.1) is 0 Å². The van der Waals surface area contributed by atoms with Gasteiger partial charge in [-0.1, -0.05) is 51.2 Å². The van der Waals surface area contributed by atoms with Crippen molar-refractivity contribution in [1.82, 2.24) is 0 Å². The lowest BCUT2D eigenvalue weighted by molar-refractivity contribution is 0.156. The monoisotopic (exact) mass is 342 g/mol. The van der Waals surface area contributed by atoms with Crippen LogP contribution in [0.3, 0.4) is 0 Å². The molecule has 0 aromatic heterocycles. The van der Waals surface area contributed by atoms with Crippen LogP contribution in [-0.4, -0.2) is 6.61 Å². The Balaban J connectivity index is 1.43. The molecule has 0 radical (unpaired) electrons. The predicted octanol–water partition coefficient (Wildman–Crippen LogP) is 7.36. The van der Waals surface area contributed by atoms with E-state index in [-0.39, 0.29) is 0 Å².